The van der Waals surface area contributed by atoms with Crippen molar-refractivity contribution in [2.45, 2.75) is 39.8 Å². The molecule has 3 rings (SSSR count). The summed E-state index contributed by atoms with van der Waals surface area (Å²) in [5, 5.41) is 5.66. The maximum absolute atomic E-state index is 13.9. The Hall–Kier alpha value is -2.39. The zero-order valence-corrected chi connectivity index (χ0v) is 17.4. The first kappa shape index (κ1) is 21.3. The minimum atomic E-state index is -0.974. The van der Waals surface area contributed by atoms with E-state index in [1.807, 2.05) is 0 Å². The fourth-order valence-corrected chi connectivity index (χ4v) is 4.27. The molecule has 0 spiro atoms. The summed E-state index contributed by atoms with van der Waals surface area (Å²) in [6.45, 7) is 8.27. The van der Waals surface area contributed by atoms with Crippen LogP contribution >= 0.6 is 11.3 Å². The van der Waals surface area contributed by atoms with Crippen LogP contribution in [0.4, 0.5) is 13.9 Å². The fraction of sp³-hybridized carbons (Fsp3) is 0.450. The summed E-state index contributed by atoms with van der Waals surface area (Å²) >= 11 is 1.41. The average molecular weight is 423 g/mol. The normalized spacial score (nSPS) is 15.1. The van der Waals surface area contributed by atoms with Gasteiger partial charge in [0, 0.05) is 24.4 Å². The second kappa shape index (κ2) is 8.96. The zero-order chi connectivity index (χ0) is 21.1. The first-order valence-corrected chi connectivity index (χ1v) is 10.4. The number of hydrogen-bond donors (Lipinski definition) is 2. The molecule has 1 aliphatic heterocycles. The summed E-state index contributed by atoms with van der Waals surface area (Å²) in [7, 11) is 0. The largest absolute Gasteiger partial charge is 0.340 e. The number of fused-ring (bicyclic) bond motifs is 1. The molecule has 156 valence electrons. The number of benzene rings is 1. The molecule has 0 saturated heterocycles. The summed E-state index contributed by atoms with van der Waals surface area (Å²) in [5.74, 6) is -3.68. The summed E-state index contributed by atoms with van der Waals surface area (Å²) in [6, 6.07) is 2.22. The highest BCUT2D eigenvalue weighted by molar-refractivity contribution is 7.15. The van der Waals surface area contributed by atoms with Gasteiger partial charge in [-0.15, -0.1) is 11.3 Å². The lowest BCUT2D eigenvalue weighted by Crippen LogP contribution is -2.47. The predicted octanol–water partition coefficient (Wildman–Crippen LogP) is 3.19. The molecular weight excluding hydrogens is 398 g/mol. The molecule has 29 heavy (non-hydrogen) atoms. The zero-order valence-electron chi connectivity index (χ0n) is 16.6. The van der Waals surface area contributed by atoms with E-state index in [4.69, 9.17) is 0 Å². The molecule has 0 bridgehead atoms. The number of carbonyl (C=O) groups excluding carboxylic acids is 2. The lowest BCUT2D eigenvalue weighted by atomic mass is 10.0. The molecule has 2 aromatic rings. The van der Waals surface area contributed by atoms with Crippen molar-refractivity contribution in [1.29, 1.82) is 0 Å². The second-order valence-electron chi connectivity index (χ2n) is 7.29. The maximum atomic E-state index is 13.9. The summed E-state index contributed by atoms with van der Waals surface area (Å²) in [4.78, 5) is 33.1. The van der Waals surface area contributed by atoms with Gasteiger partial charge in [-0.3, -0.25) is 14.5 Å². The molecule has 2 heterocycles. The summed E-state index contributed by atoms with van der Waals surface area (Å²) in [6.07, 6.45) is 0.826. The summed E-state index contributed by atoms with van der Waals surface area (Å²) in [5.41, 5.74) is 0.281. The Labute approximate surface area is 172 Å². The highest BCUT2D eigenvalue weighted by atomic mass is 32.1. The first-order valence-electron chi connectivity index (χ1n) is 9.56. The van der Waals surface area contributed by atoms with E-state index in [2.05, 4.69) is 27.4 Å². The third kappa shape index (κ3) is 4.79. The van der Waals surface area contributed by atoms with Gasteiger partial charge < -0.3 is 10.6 Å². The molecule has 0 aliphatic carbocycles. The minimum Gasteiger partial charge on any atom is -0.340 e. The first-order chi connectivity index (χ1) is 13.8. The molecule has 1 aliphatic rings. The number of rotatable bonds is 6. The topological polar surface area (TPSA) is 74.3 Å². The van der Waals surface area contributed by atoms with Crippen LogP contribution in [0.25, 0.3) is 0 Å². The van der Waals surface area contributed by atoms with Crippen molar-refractivity contribution in [3.63, 3.8) is 0 Å². The van der Waals surface area contributed by atoms with Crippen molar-refractivity contribution in [1.82, 2.24) is 15.2 Å². The molecule has 1 aromatic carbocycles. The lowest BCUT2D eigenvalue weighted by molar-refractivity contribution is -0.118. The van der Waals surface area contributed by atoms with E-state index in [9.17, 15) is 18.4 Å². The molecule has 2 N–H and O–H groups in total. The number of aromatic nitrogens is 1. The highest BCUT2D eigenvalue weighted by Gasteiger charge is 2.28. The fourth-order valence-electron chi connectivity index (χ4n) is 3.22. The molecule has 1 unspecified atom stereocenters. The van der Waals surface area contributed by atoms with Gasteiger partial charge in [-0.1, -0.05) is 26.8 Å². The van der Waals surface area contributed by atoms with Gasteiger partial charge in [-0.05, 0) is 24.6 Å². The molecule has 0 radical (unpaired) electrons. The van der Waals surface area contributed by atoms with Gasteiger partial charge in [0.15, 0.2) is 5.13 Å². The molecule has 0 fully saturated rings. The standard InChI is InChI=1S/C20H24F2N4O2S/c1-4-26-9-8-14-15(10-26)29-20(23-14)25-19(28)17(11(2)3)24-18(27)16-12(21)6-5-7-13(16)22/h5-7,11,17H,4,8-10H2,1-3H3,(H,24,27)(H,23,25,28). The van der Waals surface area contributed by atoms with Crippen LogP contribution in [0.3, 0.4) is 0 Å². The Kier molecular flexibility index (Phi) is 6.59. The SMILES string of the molecule is CCN1CCc2nc(NC(=O)C(NC(=O)c3c(F)cccc3F)C(C)C)sc2C1. The van der Waals surface area contributed by atoms with E-state index in [1.165, 1.54) is 17.4 Å². The van der Waals surface area contributed by atoms with Crippen molar-refractivity contribution < 1.29 is 18.4 Å². The van der Waals surface area contributed by atoms with Gasteiger partial charge in [0.2, 0.25) is 5.91 Å². The van der Waals surface area contributed by atoms with Crippen LogP contribution in [-0.2, 0) is 17.8 Å². The van der Waals surface area contributed by atoms with Gasteiger partial charge in [0.1, 0.15) is 23.2 Å². The molecule has 2 amide bonds. The number of nitrogens with zero attached hydrogens (tertiary/aromatic N) is 2. The molecule has 0 saturated carbocycles. The maximum Gasteiger partial charge on any atom is 0.257 e. The Morgan fingerprint density at radius 1 is 1.28 bits per heavy atom. The van der Waals surface area contributed by atoms with Gasteiger partial charge in [0.25, 0.3) is 5.91 Å². The number of likely N-dealkylation sites (N-methyl/N-ethyl adjacent to an activating group) is 1. The van der Waals surface area contributed by atoms with Crippen molar-refractivity contribution in [2.24, 2.45) is 5.92 Å². The third-order valence-corrected chi connectivity index (χ3v) is 5.91. The smallest absolute Gasteiger partial charge is 0.257 e. The number of nitrogens with one attached hydrogen (secondary N) is 2. The molecule has 1 atom stereocenters. The van der Waals surface area contributed by atoms with Crippen LogP contribution in [0.1, 0.15) is 41.7 Å². The van der Waals surface area contributed by atoms with Gasteiger partial charge in [-0.2, -0.15) is 0 Å². The van der Waals surface area contributed by atoms with E-state index < -0.39 is 35.1 Å². The van der Waals surface area contributed by atoms with E-state index in [-0.39, 0.29) is 5.92 Å². The summed E-state index contributed by atoms with van der Waals surface area (Å²) < 4.78 is 27.8. The Morgan fingerprint density at radius 2 is 1.97 bits per heavy atom. The minimum absolute atomic E-state index is 0.293. The monoisotopic (exact) mass is 422 g/mol. The van der Waals surface area contributed by atoms with Crippen LogP contribution in [0.5, 0.6) is 0 Å². The van der Waals surface area contributed by atoms with Gasteiger partial charge in [-0.25, -0.2) is 13.8 Å². The average Bonchev–Trinajstić information content (AvgIpc) is 3.06. The number of halogens is 2. The number of thiazole rings is 1. The number of carbonyl (C=O) groups is 2. The highest BCUT2D eigenvalue weighted by Crippen LogP contribution is 2.28. The van der Waals surface area contributed by atoms with Crippen molar-refractivity contribution in [2.75, 3.05) is 18.4 Å². The Morgan fingerprint density at radius 3 is 2.59 bits per heavy atom. The van der Waals surface area contributed by atoms with Gasteiger partial charge in [0.05, 0.1) is 5.69 Å². The van der Waals surface area contributed by atoms with E-state index in [1.54, 1.807) is 13.8 Å². The van der Waals surface area contributed by atoms with E-state index >= 15 is 0 Å². The van der Waals surface area contributed by atoms with Crippen LogP contribution in [0.2, 0.25) is 0 Å². The molecule has 9 heteroatoms. The van der Waals surface area contributed by atoms with E-state index in [0.29, 0.717) is 5.13 Å². The van der Waals surface area contributed by atoms with Gasteiger partial charge >= 0.3 is 0 Å². The van der Waals surface area contributed by atoms with Crippen LogP contribution < -0.4 is 10.6 Å². The van der Waals surface area contributed by atoms with Crippen molar-refractivity contribution in [3.8, 4) is 0 Å². The predicted molar refractivity (Wildman–Crippen MR) is 108 cm³/mol. The quantitative estimate of drug-likeness (QED) is 0.750. The Balaban J connectivity index is 1.72. The molecule has 1 aromatic heterocycles. The third-order valence-electron chi connectivity index (χ3n) is 4.91. The number of amides is 2. The number of anilines is 1. The number of hydrogen-bond acceptors (Lipinski definition) is 5. The van der Waals surface area contributed by atoms with Crippen LogP contribution in [0, 0.1) is 17.6 Å². The molecular formula is C20H24F2N4O2S. The van der Waals surface area contributed by atoms with Crippen LogP contribution in [0.15, 0.2) is 18.2 Å². The van der Waals surface area contributed by atoms with Crippen molar-refractivity contribution >= 4 is 28.3 Å². The molecule has 6 nitrogen and oxygen atoms in total. The van der Waals surface area contributed by atoms with E-state index in [0.717, 1.165) is 48.8 Å². The second-order valence-corrected chi connectivity index (χ2v) is 8.37. The Bertz CT molecular complexity index is 896. The van der Waals surface area contributed by atoms with Crippen molar-refractivity contribution in [3.05, 3.63) is 46.0 Å². The lowest BCUT2D eigenvalue weighted by Gasteiger charge is -2.23. The van der Waals surface area contributed by atoms with Crippen LogP contribution in [-0.4, -0.2) is 40.8 Å².